The summed E-state index contributed by atoms with van der Waals surface area (Å²) in [6.45, 7) is 0. The van der Waals surface area contributed by atoms with Crippen LogP contribution in [0.5, 0.6) is 17.4 Å². The number of hydrogen-bond donors (Lipinski definition) is 1. The maximum Gasteiger partial charge on any atom is 0.260 e. The summed E-state index contributed by atoms with van der Waals surface area (Å²) in [5.41, 5.74) is 0.661. The second-order valence-electron chi connectivity index (χ2n) is 4.79. The van der Waals surface area contributed by atoms with Crippen LogP contribution in [0.2, 0.25) is 5.28 Å². The fraction of sp³-hybridized carbons (Fsp3) is 0.133. The number of benzene rings is 1. The molecule has 26 heavy (non-hydrogen) atoms. The average molecular weight is 396 g/mol. The molecular weight excluding hydrogens is 385 g/mol. The van der Waals surface area contributed by atoms with Gasteiger partial charge < -0.3 is 14.8 Å². The molecule has 1 aliphatic heterocycles. The lowest BCUT2D eigenvalue weighted by atomic mass is 10.2. The van der Waals surface area contributed by atoms with Gasteiger partial charge in [0.05, 0.1) is 25.3 Å². The van der Waals surface area contributed by atoms with Crippen LogP contribution in [0, 0.1) is 5.82 Å². The fourth-order valence-electron chi connectivity index (χ4n) is 1.88. The van der Waals surface area contributed by atoms with Crippen molar-refractivity contribution in [2.45, 2.75) is 0 Å². The molecule has 1 N–H and O–H groups in total. The van der Waals surface area contributed by atoms with Crippen LogP contribution >= 0.6 is 23.4 Å². The highest BCUT2D eigenvalue weighted by atomic mass is 35.5. The topological polar surface area (TPSA) is 98.1 Å². The third-order valence-corrected chi connectivity index (χ3v) is 4.06. The zero-order chi connectivity index (χ0) is 18.5. The Morgan fingerprint density at radius 3 is 3.00 bits per heavy atom. The number of nitrogens with one attached hydrogen (secondary N) is 1. The molecular formula is C15H11ClFN5O3S. The van der Waals surface area contributed by atoms with E-state index in [1.54, 1.807) is 18.2 Å². The van der Waals surface area contributed by atoms with E-state index in [4.69, 9.17) is 21.1 Å². The van der Waals surface area contributed by atoms with Gasteiger partial charge in [0.15, 0.2) is 16.7 Å². The third kappa shape index (κ3) is 4.46. The van der Waals surface area contributed by atoms with E-state index in [1.165, 1.54) is 25.1 Å². The Kier molecular flexibility index (Phi) is 5.64. The highest BCUT2D eigenvalue weighted by molar-refractivity contribution is 8.15. The molecule has 1 aromatic heterocycles. The number of amidine groups is 1. The van der Waals surface area contributed by atoms with Crippen molar-refractivity contribution in [2.24, 2.45) is 10.2 Å². The molecule has 0 aliphatic carbocycles. The van der Waals surface area contributed by atoms with E-state index in [-0.39, 0.29) is 22.8 Å². The number of hydrogen-bond acceptors (Lipinski definition) is 8. The summed E-state index contributed by atoms with van der Waals surface area (Å²) in [4.78, 5) is 18.3. The van der Waals surface area contributed by atoms with Crippen molar-refractivity contribution >= 4 is 40.7 Å². The van der Waals surface area contributed by atoms with Crippen molar-refractivity contribution in [3.63, 3.8) is 0 Å². The number of halogens is 2. The summed E-state index contributed by atoms with van der Waals surface area (Å²) in [7, 11) is 1.44. The van der Waals surface area contributed by atoms with Crippen LogP contribution in [0.25, 0.3) is 0 Å². The maximum atomic E-state index is 13.7. The predicted molar refractivity (Wildman–Crippen MR) is 95.7 cm³/mol. The van der Waals surface area contributed by atoms with Gasteiger partial charge in [-0.2, -0.15) is 14.5 Å². The Labute approximate surface area is 156 Å². The fourth-order valence-corrected chi connectivity index (χ4v) is 2.64. The lowest BCUT2D eigenvalue weighted by Gasteiger charge is -2.10. The Bertz CT molecular complexity index is 909. The van der Waals surface area contributed by atoms with Gasteiger partial charge in [-0.1, -0.05) is 11.8 Å². The van der Waals surface area contributed by atoms with Gasteiger partial charge in [-0.3, -0.25) is 4.79 Å². The van der Waals surface area contributed by atoms with Gasteiger partial charge in [0.2, 0.25) is 17.0 Å². The number of ether oxygens (including phenoxy) is 2. The molecule has 134 valence electrons. The largest absolute Gasteiger partial charge is 0.493 e. The second-order valence-corrected chi connectivity index (χ2v) is 6.09. The molecule has 1 aromatic carbocycles. The van der Waals surface area contributed by atoms with Crippen LogP contribution in [0.3, 0.4) is 0 Å². The van der Waals surface area contributed by atoms with E-state index in [0.717, 1.165) is 6.20 Å². The quantitative estimate of drug-likeness (QED) is 0.474. The van der Waals surface area contributed by atoms with E-state index in [2.05, 4.69) is 25.5 Å². The molecule has 1 aliphatic rings. The summed E-state index contributed by atoms with van der Waals surface area (Å²) in [5, 5.41) is 10.7. The number of aromatic nitrogens is 2. The molecule has 0 saturated carbocycles. The number of amides is 1. The van der Waals surface area contributed by atoms with Crippen molar-refractivity contribution in [2.75, 3.05) is 12.9 Å². The van der Waals surface area contributed by atoms with E-state index >= 15 is 0 Å². The molecule has 2 heterocycles. The number of carbonyl (C=O) groups is 1. The molecule has 0 unspecified atom stereocenters. The van der Waals surface area contributed by atoms with Gasteiger partial charge in [0.1, 0.15) is 0 Å². The first-order valence-electron chi connectivity index (χ1n) is 7.13. The standard InChI is InChI=1S/C15H11ClFN5O3S/c1-24-11-4-8(5-19-22-15-20-12(23)7-26-15)2-3-10(11)25-13-9(17)6-18-14(16)21-13/h2-6H,7H2,1H3,(H,20,22,23). The molecule has 0 spiro atoms. The first kappa shape index (κ1) is 18.1. The van der Waals surface area contributed by atoms with Crippen molar-refractivity contribution < 1.29 is 18.7 Å². The second kappa shape index (κ2) is 8.11. The van der Waals surface area contributed by atoms with Crippen LogP contribution in [-0.4, -0.2) is 40.1 Å². The minimum absolute atomic E-state index is 0.107. The highest BCUT2D eigenvalue weighted by Gasteiger charge is 2.16. The van der Waals surface area contributed by atoms with E-state index < -0.39 is 5.82 Å². The monoisotopic (exact) mass is 395 g/mol. The summed E-state index contributed by atoms with van der Waals surface area (Å²) in [6.07, 6.45) is 2.39. The molecule has 0 atom stereocenters. The lowest BCUT2D eigenvalue weighted by molar-refractivity contribution is -0.116. The van der Waals surface area contributed by atoms with Crippen LogP contribution in [0.1, 0.15) is 5.56 Å². The Morgan fingerprint density at radius 2 is 2.27 bits per heavy atom. The first-order chi connectivity index (χ1) is 12.5. The molecule has 0 radical (unpaired) electrons. The smallest absolute Gasteiger partial charge is 0.260 e. The zero-order valence-corrected chi connectivity index (χ0v) is 14.8. The summed E-state index contributed by atoms with van der Waals surface area (Å²) < 4.78 is 24.3. The van der Waals surface area contributed by atoms with Crippen LogP contribution in [0.4, 0.5) is 4.39 Å². The minimum Gasteiger partial charge on any atom is -0.493 e. The van der Waals surface area contributed by atoms with E-state index in [0.29, 0.717) is 22.2 Å². The van der Waals surface area contributed by atoms with Crippen molar-refractivity contribution in [1.82, 2.24) is 15.3 Å². The molecule has 0 bridgehead atoms. The van der Waals surface area contributed by atoms with Gasteiger partial charge in [0, 0.05) is 0 Å². The molecule has 8 nitrogen and oxygen atoms in total. The molecule has 1 amide bonds. The lowest BCUT2D eigenvalue weighted by Crippen LogP contribution is -2.19. The Morgan fingerprint density at radius 1 is 1.42 bits per heavy atom. The Balaban J connectivity index is 1.77. The van der Waals surface area contributed by atoms with Gasteiger partial charge >= 0.3 is 0 Å². The van der Waals surface area contributed by atoms with Gasteiger partial charge in [0.25, 0.3) is 5.88 Å². The predicted octanol–water partition coefficient (Wildman–Crippen LogP) is 2.62. The third-order valence-electron chi connectivity index (χ3n) is 3.02. The molecule has 11 heteroatoms. The van der Waals surface area contributed by atoms with Crippen LogP contribution in [-0.2, 0) is 4.79 Å². The normalized spacial score (nSPS) is 15.5. The first-order valence-corrected chi connectivity index (χ1v) is 8.49. The number of thioether (sulfide) groups is 1. The van der Waals surface area contributed by atoms with E-state index in [9.17, 15) is 9.18 Å². The number of methoxy groups -OCH3 is 1. The number of rotatable bonds is 5. The molecule has 1 fully saturated rings. The Hall–Kier alpha value is -2.72. The van der Waals surface area contributed by atoms with Crippen LogP contribution in [0.15, 0.2) is 34.6 Å². The zero-order valence-electron chi connectivity index (χ0n) is 13.3. The number of nitrogens with zero attached hydrogens (tertiary/aromatic N) is 4. The van der Waals surface area contributed by atoms with Crippen molar-refractivity contribution in [3.8, 4) is 17.4 Å². The van der Waals surface area contributed by atoms with Crippen molar-refractivity contribution in [3.05, 3.63) is 41.1 Å². The summed E-state index contributed by atoms with van der Waals surface area (Å²) in [6, 6.07) is 4.86. The molecule has 2 aromatic rings. The summed E-state index contributed by atoms with van der Waals surface area (Å²) >= 11 is 6.92. The van der Waals surface area contributed by atoms with Gasteiger partial charge in [-0.05, 0) is 35.4 Å². The van der Waals surface area contributed by atoms with Gasteiger partial charge in [-0.25, -0.2) is 4.98 Å². The van der Waals surface area contributed by atoms with Crippen molar-refractivity contribution in [1.29, 1.82) is 0 Å². The average Bonchev–Trinajstić information content (AvgIpc) is 3.04. The SMILES string of the molecule is COc1cc(C=NN=C2NC(=O)CS2)ccc1Oc1nc(Cl)ncc1F. The highest BCUT2D eigenvalue weighted by Crippen LogP contribution is 2.32. The van der Waals surface area contributed by atoms with Crippen LogP contribution < -0.4 is 14.8 Å². The maximum absolute atomic E-state index is 13.7. The minimum atomic E-state index is -0.756. The molecule has 3 rings (SSSR count). The van der Waals surface area contributed by atoms with E-state index in [1.807, 2.05) is 0 Å². The molecule has 1 saturated heterocycles. The summed E-state index contributed by atoms with van der Waals surface area (Å²) in [5.74, 6) is -0.275. The van der Waals surface area contributed by atoms with Gasteiger partial charge in [-0.15, -0.1) is 5.10 Å². The number of carbonyl (C=O) groups excluding carboxylic acids is 1.